The first kappa shape index (κ1) is 20.7. The molecule has 0 bridgehead atoms. The zero-order chi connectivity index (χ0) is 22.2. The lowest BCUT2D eigenvalue weighted by atomic mass is 9.91. The summed E-state index contributed by atoms with van der Waals surface area (Å²) < 4.78 is 14.8. The van der Waals surface area contributed by atoms with Gasteiger partial charge in [0.25, 0.3) is 0 Å². The summed E-state index contributed by atoms with van der Waals surface area (Å²) in [4.78, 5) is 25.0. The first-order valence-electron chi connectivity index (χ1n) is 10.6. The third-order valence-corrected chi connectivity index (χ3v) is 6.03. The predicted octanol–water partition coefficient (Wildman–Crippen LogP) is 5.28. The molecule has 0 amide bonds. The molecule has 1 atom stereocenters. The van der Waals surface area contributed by atoms with Crippen molar-refractivity contribution in [2.45, 2.75) is 32.6 Å². The molecule has 1 unspecified atom stereocenters. The Kier molecular flexibility index (Phi) is 5.43. The summed E-state index contributed by atoms with van der Waals surface area (Å²) in [5, 5.41) is 0.332. The number of nitrogens with zero attached hydrogens (tertiary/aromatic N) is 6. The highest BCUT2D eigenvalue weighted by Crippen LogP contribution is 2.33. The first-order valence-corrected chi connectivity index (χ1v) is 11.0. The van der Waals surface area contributed by atoms with Crippen LogP contribution in [-0.2, 0) is 0 Å². The van der Waals surface area contributed by atoms with Crippen LogP contribution in [0.3, 0.4) is 0 Å². The highest BCUT2D eigenvalue weighted by molar-refractivity contribution is 6.30. The molecule has 1 aliphatic heterocycles. The topological polar surface area (TPSA) is 67.7 Å². The fraction of sp³-hybridized carbons (Fsp3) is 0.292. The molecule has 3 aromatic heterocycles. The van der Waals surface area contributed by atoms with Crippen LogP contribution in [0.5, 0.6) is 0 Å². The molecule has 1 saturated heterocycles. The molecule has 6 nitrogen and oxygen atoms in total. The summed E-state index contributed by atoms with van der Waals surface area (Å²) >= 11 is 5.97. The van der Waals surface area contributed by atoms with E-state index >= 15 is 0 Å². The maximum atomic E-state index is 14.8. The van der Waals surface area contributed by atoms with Crippen LogP contribution in [0.15, 0.2) is 42.7 Å². The molecule has 5 rings (SSSR count). The number of rotatable bonds is 3. The summed E-state index contributed by atoms with van der Waals surface area (Å²) in [6.07, 6.45) is 5.60. The molecule has 0 saturated carbocycles. The van der Waals surface area contributed by atoms with Crippen LogP contribution in [0.1, 0.15) is 35.7 Å². The molecule has 1 aromatic carbocycles. The van der Waals surface area contributed by atoms with Gasteiger partial charge < -0.3 is 4.90 Å². The van der Waals surface area contributed by atoms with Crippen molar-refractivity contribution >= 4 is 28.7 Å². The van der Waals surface area contributed by atoms with Crippen LogP contribution >= 0.6 is 11.6 Å². The van der Waals surface area contributed by atoms with E-state index in [-0.39, 0.29) is 0 Å². The molecular formula is C24H22ClFN6. The normalized spacial score (nSPS) is 16.5. The van der Waals surface area contributed by atoms with E-state index in [0.29, 0.717) is 39.3 Å². The maximum Gasteiger partial charge on any atom is 0.228 e. The average molecular weight is 449 g/mol. The highest BCUT2D eigenvalue weighted by atomic mass is 35.5. The van der Waals surface area contributed by atoms with Crippen LogP contribution in [0.2, 0.25) is 5.02 Å². The lowest BCUT2D eigenvalue weighted by Gasteiger charge is -2.33. The van der Waals surface area contributed by atoms with Crippen LogP contribution in [0, 0.1) is 19.7 Å². The lowest BCUT2D eigenvalue weighted by Crippen LogP contribution is -2.35. The molecule has 1 aliphatic rings. The van der Waals surface area contributed by atoms with Gasteiger partial charge in [0.1, 0.15) is 17.0 Å². The van der Waals surface area contributed by atoms with Gasteiger partial charge in [0.15, 0.2) is 5.65 Å². The van der Waals surface area contributed by atoms with Crippen molar-refractivity contribution < 1.29 is 4.39 Å². The highest BCUT2D eigenvalue weighted by Gasteiger charge is 2.25. The molecule has 0 radical (unpaired) electrons. The number of benzene rings is 1. The van der Waals surface area contributed by atoms with Gasteiger partial charge >= 0.3 is 0 Å². The smallest absolute Gasteiger partial charge is 0.228 e. The molecule has 4 aromatic rings. The van der Waals surface area contributed by atoms with Crippen molar-refractivity contribution in [3.8, 4) is 11.3 Å². The molecule has 162 valence electrons. The summed E-state index contributed by atoms with van der Waals surface area (Å²) in [5.41, 5.74) is 4.71. The minimum Gasteiger partial charge on any atom is -0.340 e. The largest absolute Gasteiger partial charge is 0.340 e. The number of hydrogen-bond donors (Lipinski definition) is 0. The Balaban J connectivity index is 1.59. The van der Waals surface area contributed by atoms with Crippen molar-refractivity contribution in [1.29, 1.82) is 0 Å². The SMILES string of the molecule is Cc1cc(C2CCCN(c3nc(-c4ccc(Cl)cc4F)c4ncc(C)nc4n3)C2)ccn1. The fourth-order valence-corrected chi connectivity index (χ4v) is 4.40. The zero-order valence-corrected chi connectivity index (χ0v) is 18.6. The molecule has 0 spiro atoms. The number of anilines is 1. The Morgan fingerprint density at radius 1 is 1.03 bits per heavy atom. The van der Waals surface area contributed by atoms with E-state index in [2.05, 4.69) is 32.0 Å². The van der Waals surface area contributed by atoms with Gasteiger partial charge in [0.05, 0.1) is 5.69 Å². The lowest BCUT2D eigenvalue weighted by molar-refractivity contribution is 0.503. The van der Waals surface area contributed by atoms with Gasteiger partial charge in [-0.3, -0.25) is 4.98 Å². The van der Waals surface area contributed by atoms with E-state index in [1.807, 2.05) is 20.0 Å². The van der Waals surface area contributed by atoms with E-state index in [1.54, 1.807) is 18.3 Å². The van der Waals surface area contributed by atoms with Gasteiger partial charge in [-0.15, -0.1) is 0 Å². The molecular weight excluding hydrogens is 427 g/mol. The predicted molar refractivity (Wildman–Crippen MR) is 123 cm³/mol. The Bertz CT molecular complexity index is 1310. The Morgan fingerprint density at radius 2 is 1.91 bits per heavy atom. The van der Waals surface area contributed by atoms with Crippen LogP contribution < -0.4 is 4.90 Å². The van der Waals surface area contributed by atoms with Gasteiger partial charge in [-0.05, 0) is 62.6 Å². The number of pyridine rings is 1. The van der Waals surface area contributed by atoms with E-state index in [9.17, 15) is 4.39 Å². The number of halogens is 2. The molecule has 4 heterocycles. The number of fused-ring (bicyclic) bond motifs is 1. The molecule has 0 aliphatic carbocycles. The number of aryl methyl sites for hydroxylation is 2. The molecule has 32 heavy (non-hydrogen) atoms. The second-order valence-electron chi connectivity index (χ2n) is 8.20. The number of piperidine rings is 1. The van der Waals surface area contributed by atoms with Crippen LogP contribution in [0.25, 0.3) is 22.4 Å². The maximum absolute atomic E-state index is 14.8. The summed E-state index contributed by atoms with van der Waals surface area (Å²) in [6, 6.07) is 8.78. The standard InChI is InChI=1S/C24H22ClFN6/c1-14-10-16(7-8-27-14)17-4-3-9-32(13-17)24-30-21(19-6-5-18(25)11-20(19)26)22-23(31-24)29-15(2)12-28-22/h5-8,10-12,17H,3-4,9,13H2,1-2H3. The summed E-state index contributed by atoms with van der Waals surface area (Å²) in [5.74, 6) is 0.441. The number of aromatic nitrogens is 5. The molecule has 1 fully saturated rings. The first-order chi connectivity index (χ1) is 15.5. The molecule has 8 heteroatoms. The number of hydrogen-bond acceptors (Lipinski definition) is 6. The Labute approximate surface area is 190 Å². The van der Waals surface area contributed by atoms with E-state index < -0.39 is 5.82 Å². The van der Waals surface area contributed by atoms with Crippen molar-refractivity contribution in [3.63, 3.8) is 0 Å². The minimum atomic E-state index is -0.449. The van der Waals surface area contributed by atoms with Gasteiger partial charge in [-0.25, -0.2) is 19.3 Å². The Morgan fingerprint density at radius 3 is 2.72 bits per heavy atom. The fourth-order valence-electron chi connectivity index (χ4n) is 4.25. The quantitative estimate of drug-likeness (QED) is 0.425. The zero-order valence-electron chi connectivity index (χ0n) is 17.9. The van der Waals surface area contributed by atoms with Gasteiger partial charge in [0, 0.05) is 47.7 Å². The molecule has 0 N–H and O–H groups in total. The average Bonchev–Trinajstić information content (AvgIpc) is 2.78. The van der Waals surface area contributed by atoms with Crippen molar-refractivity contribution in [2.75, 3.05) is 18.0 Å². The third kappa shape index (κ3) is 4.00. The summed E-state index contributed by atoms with van der Waals surface area (Å²) in [7, 11) is 0. The van der Waals surface area contributed by atoms with Crippen LogP contribution in [0.4, 0.5) is 10.3 Å². The van der Waals surface area contributed by atoms with Crippen molar-refractivity contribution in [1.82, 2.24) is 24.9 Å². The van der Waals surface area contributed by atoms with Gasteiger partial charge in [-0.2, -0.15) is 4.98 Å². The monoisotopic (exact) mass is 448 g/mol. The van der Waals surface area contributed by atoms with Crippen LogP contribution in [-0.4, -0.2) is 38.0 Å². The van der Waals surface area contributed by atoms with E-state index in [4.69, 9.17) is 21.6 Å². The van der Waals surface area contributed by atoms with E-state index in [1.165, 1.54) is 11.6 Å². The minimum absolute atomic E-state index is 0.332. The Hall–Kier alpha value is -3.19. The second kappa shape index (κ2) is 8.39. The van der Waals surface area contributed by atoms with Gasteiger partial charge in [0.2, 0.25) is 5.95 Å². The van der Waals surface area contributed by atoms with Crippen molar-refractivity contribution in [3.05, 3.63) is 70.5 Å². The van der Waals surface area contributed by atoms with Gasteiger partial charge in [-0.1, -0.05) is 11.6 Å². The van der Waals surface area contributed by atoms with E-state index in [0.717, 1.165) is 37.3 Å². The second-order valence-corrected chi connectivity index (χ2v) is 8.63. The third-order valence-electron chi connectivity index (χ3n) is 5.80. The van der Waals surface area contributed by atoms with Crippen molar-refractivity contribution in [2.24, 2.45) is 0 Å². The summed E-state index contributed by atoms with van der Waals surface area (Å²) in [6.45, 7) is 5.47.